The molecule has 0 radical (unpaired) electrons. The molecule has 0 spiro atoms. The van der Waals surface area contributed by atoms with Crippen LogP contribution in [0.4, 0.5) is 9.59 Å². The summed E-state index contributed by atoms with van der Waals surface area (Å²) < 4.78 is 0. The average Bonchev–Trinajstić information content (AvgIpc) is 2.72. The summed E-state index contributed by atoms with van der Waals surface area (Å²) >= 11 is 0. The Morgan fingerprint density at radius 3 is 2.63 bits per heavy atom. The second kappa shape index (κ2) is 10.00. The molecule has 1 fully saturated rings. The first kappa shape index (κ1) is 19.3. The number of amides is 4. The van der Waals surface area contributed by atoms with E-state index in [1.165, 1.54) is 25.0 Å². The van der Waals surface area contributed by atoms with Crippen molar-refractivity contribution in [3.63, 3.8) is 0 Å². The van der Waals surface area contributed by atoms with Gasteiger partial charge in [-0.15, -0.1) is 0 Å². The lowest BCUT2D eigenvalue weighted by molar-refractivity contribution is 0.187. The second-order valence-electron chi connectivity index (χ2n) is 7.23. The van der Waals surface area contributed by atoms with Crippen LogP contribution in [0.3, 0.4) is 0 Å². The molecule has 4 amide bonds. The van der Waals surface area contributed by atoms with Crippen LogP contribution in [0.5, 0.6) is 0 Å². The number of hydrogen-bond acceptors (Lipinski definition) is 2. The lowest BCUT2D eigenvalue weighted by Gasteiger charge is -2.37. The maximum absolute atomic E-state index is 12.5. The highest BCUT2D eigenvalue weighted by Crippen LogP contribution is 2.34. The summed E-state index contributed by atoms with van der Waals surface area (Å²) in [7, 11) is 0. The molecule has 0 bridgehead atoms. The van der Waals surface area contributed by atoms with Crippen LogP contribution in [0.2, 0.25) is 0 Å². The van der Waals surface area contributed by atoms with Crippen molar-refractivity contribution in [2.45, 2.75) is 45.1 Å². The van der Waals surface area contributed by atoms with Gasteiger partial charge in [-0.25, -0.2) is 9.59 Å². The maximum Gasteiger partial charge on any atom is 0.321 e. The molecule has 3 rings (SSSR count). The fourth-order valence-electron chi connectivity index (χ4n) is 3.82. The van der Waals surface area contributed by atoms with Crippen LogP contribution < -0.4 is 16.0 Å². The van der Waals surface area contributed by atoms with Crippen LogP contribution in [0.15, 0.2) is 42.1 Å². The Labute approximate surface area is 161 Å². The monoisotopic (exact) mass is 370 g/mol. The van der Waals surface area contributed by atoms with Gasteiger partial charge in [-0.3, -0.25) is 4.90 Å². The van der Waals surface area contributed by atoms with Gasteiger partial charge in [-0.05, 0) is 50.0 Å². The predicted molar refractivity (Wildman–Crippen MR) is 106 cm³/mol. The van der Waals surface area contributed by atoms with E-state index in [0.717, 1.165) is 24.9 Å². The van der Waals surface area contributed by atoms with Gasteiger partial charge < -0.3 is 16.0 Å². The highest BCUT2D eigenvalue weighted by Gasteiger charge is 2.29. The zero-order chi connectivity index (χ0) is 18.9. The van der Waals surface area contributed by atoms with Gasteiger partial charge in [-0.2, -0.15) is 0 Å². The molecule has 3 N–H and O–H groups in total. The summed E-state index contributed by atoms with van der Waals surface area (Å²) in [5.41, 5.74) is 2.29. The molecule has 1 aliphatic heterocycles. The minimum atomic E-state index is -0.184. The molecule has 1 heterocycles. The van der Waals surface area contributed by atoms with E-state index in [2.05, 4.69) is 22.0 Å². The molecular formula is C21H30N4O2. The summed E-state index contributed by atoms with van der Waals surface area (Å²) in [6.45, 7) is 2.42. The summed E-state index contributed by atoms with van der Waals surface area (Å²) in [6, 6.07) is 9.62. The molecule has 1 unspecified atom stereocenters. The van der Waals surface area contributed by atoms with Crippen LogP contribution >= 0.6 is 0 Å². The molecule has 2 aliphatic rings. The predicted octanol–water partition coefficient (Wildman–Crippen LogP) is 3.37. The molecule has 1 atom stereocenters. The second-order valence-corrected chi connectivity index (χ2v) is 7.23. The summed E-state index contributed by atoms with van der Waals surface area (Å²) in [5, 5.41) is 8.64. The van der Waals surface area contributed by atoms with Crippen molar-refractivity contribution in [3.05, 3.63) is 47.7 Å². The van der Waals surface area contributed by atoms with Gasteiger partial charge in [0.1, 0.15) is 0 Å². The quantitative estimate of drug-likeness (QED) is 0.672. The Kier molecular flexibility index (Phi) is 7.13. The van der Waals surface area contributed by atoms with Gasteiger partial charge in [0.25, 0.3) is 0 Å². The number of carbonyl (C=O) groups is 2. The molecule has 27 heavy (non-hydrogen) atoms. The van der Waals surface area contributed by atoms with Gasteiger partial charge in [-0.1, -0.05) is 36.4 Å². The number of likely N-dealkylation sites (tertiary alicyclic amines) is 1. The summed E-state index contributed by atoms with van der Waals surface area (Å²) in [6.07, 6.45) is 8.76. The van der Waals surface area contributed by atoms with Crippen LogP contribution in [-0.4, -0.2) is 36.6 Å². The van der Waals surface area contributed by atoms with Crippen molar-refractivity contribution in [3.8, 4) is 0 Å². The van der Waals surface area contributed by atoms with Gasteiger partial charge >= 0.3 is 12.1 Å². The number of hydrogen-bond donors (Lipinski definition) is 3. The number of carbonyl (C=O) groups excluding carboxylic acids is 2. The first-order chi connectivity index (χ1) is 13.2. The van der Waals surface area contributed by atoms with Crippen molar-refractivity contribution in [2.75, 3.05) is 19.6 Å². The van der Waals surface area contributed by atoms with Gasteiger partial charge in [0, 0.05) is 31.9 Å². The summed E-state index contributed by atoms with van der Waals surface area (Å²) in [5.74, 6) is 0.563. The lowest BCUT2D eigenvalue weighted by Crippen LogP contribution is -2.45. The molecule has 1 aromatic carbocycles. The van der Waals surface area contributed by atoms with Crippen molar-refractivity contribution in [1.82, 2.24) is 20.9 Å². The van der Waals surface area contributed by atoms with E-state index in [1.807, 2.05) is 35.2 Å². The normalized spacial score (nSPS) is 18.9. The Hall–Kier alpha value is -2.50. The minimum Gasteiger partial charge on any atom is -0.338 e. The molecule has 146 valence electrons. The van der Waals surface area contributed by atoms with E-state index in [4.69, 9.17) is 0 Å². The molecule has 6 heteroatoms. The molecule has 1 aromatic rings. The van der Waals surface area contributed by atoms with E-state index >= 15 is 0 Å². The average molecular weight is 370 g/mol. The van der Waals surface area contributed by atoms with E-state index in [9.17, 15) is 9.59 Å². The number of benzene rings is 1. The minimum absolute atomic E-state index is 0.00128. The SMILES string of the molecule is O=C(NCCCNC(=O)N1CCCC2CCCC=C21)NCc1ccccc1. The number of nitrogens with one attached hydrogen (secondary N) is 3. The highest BCUT2D eigenvalue weighted by molar-refractivity contribution is 5.76. The highest BCUT2D eigenvalue weighted by atomic mass is 16.2. The standard InChI is InChI=1S/C21H30N4O2/c26-20(24-16-17-8-2-1-3-9-17)22-13-7-14-23-21(27)25-15-6-11-18-10-4-5-12-19(18)25/h1-3,8-9,12,18H,4-7,10-11,13-16H2,(H,23,27)(H2,22,24,26). The van der Waals surface area contributed by atoms with Gasteiger partial charge in [0.15, 0.2) is 0 Å². The third-order valence-corrected chi connectivity index (χ3v) is 5.23. The van der Waals surface area contributed by atoms with Crippen LogP contribution in [0.25, 0.3) is 0 Å². The van der Waals surface area contributed by atoms with Crippen LogP contribution in [-0.2, 0) is 6.54 Å². The van der Waals surface area contributed by atoms with Crippen LogP contribution in [0, 0.1) is 5.92 Å². The number of piperidine rings is 1. The molecule has 6 nitrogen and oxygen atoms in total. The van der Waals surface area contributed by atoms with E-state index in [0.29, 0.717) is 32.0 Å². The van der Waals surface area contributed by atoms with Crippen molar-refractivity contribution in [2.24, 2.45) is 5.92 Å². The third-order valence-electron chi connectivity index (χ3n) is 5.23. The number of rotatable bonds is 6. The molecule has 1 aliphatic carbocycles. The van der Waals surface area contributed by atoms with Gasteiger partial charge in [0.05, 0.1) is 0 Å². The number of nitrogens with zero attached hydrogens (tertiary/aromatic N) is 1. The first-order valence-corrected chi connectivity index (χ1v) is 10.0. The molecular weight excluding hydrogens is 340 g/mol. The Balaban J connectivity index is 1.30. The fraction of sp³-hybridized carbons (Fsp3) is 0.524. The molecule has 1 saturated heterocycles. The number of urea groups is 2. The van der Waals surface area contributed by atoms with Crippen LogP contribution in [0.1, 0.15) is 44.1 Å². The van der Waals surface area contributed by atoms with Gasteiger partial charge in [0.2, 0.25) is 0 Å². The number of allylic oxidation sites excluding steroid dienone is 2. The molecule has 0 saturated carbocycles. The largest absolute Gasteiger partial charge is 0.338 e. The van der Waals surface area contributed by atoms with Crippen molar-refractivity contribution < 1.29 is 9.59 Å². The Bertz CT molecular complexity index is 659. The smallest absolute Gasteiger partial charge is 0.321 e. The Morgan fingerprint density at radius 1 is 1.00 bits per heavy atom. The van der Waals surface area contributed by atoms with E-state index in [-0.39, 0.29) is 12.1 Å². The zero-order valence-corrected chi connectivity index (χ0v) is 15.9. The van der Waals surface area contributed by atoms with Crippen molar-refractivity contribution >= 4 is 12.1 Å². The van der Waals surface area contributed by atoms with E-state index in [1.54, 1.807) is 0 Å². The topological polar surface area (TPSA) is 73.5 Å². The lowest BCUT2D eigenvalue weighted by atomic mass is 9.85. The van der Waals surface area contributed by atoms with Crippen molar-refractivity contribution in [1.29, 1.82) is 0 Å². The summed E-state index contributed by atoms with van der Waals surface area (Å²) in [4.78, 5) is 26.2. The molecule has 0 aromatic heterocycles. The Morgan fingerprint density at radius 2 is 1.78 bits per heavy atom. The third kappa shape index (κ3) is 5.74. The van der Waals surface area contributed by atoms with E-state index < -0.39 is 0 Å². The fourth-order valence-corrected chi connectivity index (χ4v) is 3.82. The zero-order valence-electron chi connectivity index (χ0n) is 15.9. The first-order valence-electron chi connectivity index (χ1n) is 10.0. The number of fused-ring (bicyclic) bond motifs is 1. The maximum atomic E-state index is 12.5.